The number of pyridine rings is 1. The first-order chi connectivity index (χ1) is 16.4. The number of aryl methyl sites for hydroxylation is 2. The van der Waals surface area contributed by atoms with Crippen LogP contribution in [0.25, 0.3) is 22.2 Å². The zero-order valence-corrected chi connectivity index (χ0v) is 19.3. The number of anilines is 1. The second-order valence-corrected chi connectivity index (χ2v) is 8.66. The third kappa shape index (κ3) is 3.93. The Morgan fingerprint density at radius 1 is 1.26 bits per heavy atom. The van der Waals surface area contributed by atoms with Crippen molar-refractivity contribution in [2.24, 2.45) is 0 Å². The molecule has 4 aromatic rings. The number of aliphatic hydroxyl groups excluding tert-OH is 1. The van der Waals surface area contributed by atoms with E-state index in [1.165, 1.54) is 0 Å². The molecule has 1 fully saturated rings. The van der Waals surface area contributed by atoms with Crippen molar-refractivity contribution < 1.29 is 9.84 Å². The van der Waals surface area contributed by atoms with Crippen molar-refractivity contribution in [3.8, 4) is 23.1 Å². The summed E-state index contributed by atoms with van der Waals surface area (Å²) in [6, 6.07) is 9.82. The van der Waals surface area contributed by atoms with Crippen LogP contribution in [0.1, 0.15) is 41.8 Å². The number of aromatic amines is 1. The Bertz CT molecular complexity index is 1390. The second kappa shape index (κ2) is 8.72. The van der Waals surface area contributed by atoms with Gasteiger partial charge in [0.1, 0.15) is 29.4 Å². The summed E-state index contributed by atoms with van der Waals surface area (Å²) >= 11 is 0. The number of ether oxygens (including phenoxy) is 1. The molecule has 0 spiro atoms. The van der Waals surface area contributed by atoms with Gasteiger partial charge in [0, 0.05) is 35.8 Å². The molecule has 3 aromatic heterocycles. The Balaban J connectivity index is 1.47. The van der Waals surface area contributed by atoms with Gasteiger partial charge in [0.2, 0.25) is 0 Å². The molecule has 2 atom stereocenters. The minimum Gasteiger partial charge on any atom is -0.486 e. The fourth-order valence-electron chi connectivity index (χ4n) is 4.63. The highest BCUT2D eigenvalue weighted by molar-refractivity contribution is 5.94. The van der Waals surface area contributed by atoms with Gasteiger partial charge in [-0.15, -0.1) is 0 Å². The van der Waals surface area contributed by atoms with Crippen LogP contribution < -0.4 is 9.64 Å². The minimum atomic E-state index is -0.389. The van der Waals surface area contributed by atoms with Crippen LogP contribution >= 0.6 is 0 Å². The van der Waals surface area contributed by atoms with Crippen LogP contribution in [-0.2, 0) is 0 Å². The molecule has 1 aliphatic rings. The van der Waals surface area contributed by atoms with Crippen molar-refractivity contribution in [2.75, 3.05) is 18.0 Å². The van der Waals surface area contributed by atoms with Gasteiger partial charge in [-0.3, -0.25) is 5.10 Å². The van der Waals surface area contributed by atoms with Crippen molar-refractivity contribution in [1.29, 1.82) is 5.26 Å². The highest BCUT2D eigenvalue weighted by atomic mass is 16.5. The minimum absolute atomic E-state index is 0.203. The number of nitrogens with zero attached hydrogens (tertiary/aromatic N) is 6. The monoisotopic (exact) mass is 455 g/mol. The van der Waals surface area contributed by atoms with Gasteiger partial charge >= 0.3 is 0 Å². The molecule has 1 aliphatic heterocycles. The number of aliphatic hydroxyl groups is 1. The van der Waals surface area contributed by atoms with Gasteiger partial charge in [-0.25, -0.2) is 4.98 Å². The molecule has 5 rings (SSSR count). The van der Waals surface area contributed by atoms with Crippen LogP contribution in [0.5, 0.6) is 5.75 Å². The van der Waals surface area contributed by atoms with E-state index in [2.05, 4.69) is 31.4 Å². The maximum Gasteiger partial charge on any atom is 0.146 e. The van der Waals surface area contributed by atoms with Gasteiger partial charge in [0.15, 0.2) is 0 Å². The average molecular weight is 456 g/mol. The first kappa shape index (κ1) is 21.8. The molecule has 9 nitrogen and oxygen atoms in total. The quantitative estimate of drug-likeness (QED) is 0.468. The van der Waals surface area contributed by atoms with Gasteiger partial charge in [-0.1, -0.05) is 0 Å². The van der Waals surface area contributed by atoms with E-state index in [9.17, 15) is 10.4 Å². The van der Waals surface area contributed by atoms with Crippen LogP contribution in [0.15, 0.2) is 36.7 Å². The summed E-state index contributed by atoms with van der Waals surface area (Å²) in [5.74, 6) is 1.30. The van der Waals surface area contributed by atoms with E-state index in [4.69, 9.17) is 4.74 Å². The number of nitriles is 1. The second-order valence-electron chi connectivity index (χ2n) is 8.66. The Kier molecular flexibility index (Phi) is 5.59. The van der Waals surface area contributed by atoms with E-state index in [0.29, 0.717) is 42.3 Å². The van der Waals surface area contributed by atoms with Crippen LogP contribution in [-0.4, -0.2) is 49.7 Å². The summed E-state index contributed by atoms with van der Waals surface area (Å²) in [6.45, 7) is 7.09. The smallest absolute Gasteiger partial charge is 0.146 e. The number of hydrogen-bond donors (Lipinski definition) is 2. The molecule has 1 aromatic carbocycles. The molecule has 9 heteroatoms. The summed E-state index contributed by atoms with van der Waals surface area (Å²) in [5.41, 5.74) is 5.65. The molecule has 34 heavy (non-hydrogen) atoms. The van der Waals surface area contributed by atoms with E-state index < -0.39 is 0 Å². The highest BCUT2D eigenvalue weighted by Gasteiger charge is 2.24. The number of H-pyrrole nitrogens is 1. The van der Waals surface area contributed by atoms with Crippen LogP contribution in [0.2, 0.25) is 0 Å². The third-order valence-corrected chi connectivity index (χ3v) is 6.25. The standard InChI is InChI=1S/C25H25N7O2/c1-14-11-28-29-15(2)23(14)16(3)34-20-4-5-22-21(9-20)24(31-30-22)18-8-17(10-26)25(27-12-18)32-7-6-19(33)13-32/h4-5,8-9,11-12,16,19,33H,6-7,13H2,1-3H3,(H,30,31)/t16-,19-/m1/s1. The van der Waals surface area contributed by atoms with Gasteiger partial charge < -0.3 is 14.7 Å². The molecular weight excluding hydrogens is 430 g/mol. The topological polar surface area (TPSA) is 124 Å². The molecule has 0 aliphatic carbocycles. The first-order valence-electron chi connectivity index (χ1n) is 11.2. The van der Waals surface area contributed by atoms with E-state index >= 15 is 0 Å². The predicted molar refractivity (Wildman–Crippen MR) is 127 cm³/mol. The molecular formula is C25H25N7O2. The first-order valence-corrected chi connectivity index (χ1v) is 11.2. The molecule has 0 radical (unpaired) electrons. The van der Waals surface area contributed by atoms with Crippen molar-refractivity contribution in [3.63, 3.8) is 0 Å². The molecule has 0 bridgehead atoms. The van der Waals surface area contributed by atoms with Crippen molar-refractivity contribution in [1.82, 2.24) is 25.4 Å². The Morgan fingerprint density at radius 3 is 2.85 bits per heavy atom. The summed E-state index contributed by atoms with van der Waals surface area (Å²) in [7, 11) is 0. The Hall–Kier alpha value is -4.03. The lowest BCUT2D eigenvalue weighted by molar-refractivity contribution is 0.198. The fourth-order valence-corrected chi connectivity index (χ4v) is 4.63. The summed E-state index contributed by atoms with van der Waals surface area (Å²) in [6.07, 6.45) is 3.55. The predicted octanol–water partition coefficient (Wildman–Crippen LogP) is 3.61. The maximum absolute atomic E-state index is 9.85. The molecule has 0 amide bonds. The molecule has 1 saturated heterocycles. The number of β-amino-alcohol motifs (C(OH)–C–C–N with tert-alkyl or cyclic N) is 1. The van der Waals surface area contributed by atoms with E-state index in [-0.39, 0.29) is 12.2 Å². The highest BCUT2D eigenvalue weighted by Crippen LogP contribution is 2.33. The third-order valence-electron chi connectivity index (χ3n) is 6.25. The van der Waals surface area contributed by atoms with Crippen LogP contribution in [0.3, 0.4) is 0 Å². The zero-order chi connectivity index (χ0) is 23.8. The lowest BCUT2D eigenvalue weighted by Gasteiger charge is -2.18. The lowest BCUT2D eigenvalue weighted by atomic mass is 10.0. The maximum atomic E-state index is 9.85. The Labute approximate surface area is 197 Å². The molecule has 4 heterocycles. The molecule has 2 N–H and O–H groups in total. The van der Waals surface area contributed by atoms with Crippen LogP contribution in [0, 0.1) is 25.2 Å². The molecule has 0 unspecified atom stereocenters. The SMILES string of the molecule is Cc1cnnc(C)c1[C@@H](C)Oc1ccc2[nH]nc(-c3cnc(N4CC[C@@H](O)C4)c(C#N)c3)c2c1. The average Bonchev–Trinajstić information content (AvgIpc) is 3.44. The summed E-state index contributed by atoms with van der Waals surface area (Å²) in [5, 5.41) is 36.2. The fraction of sp³-hybridized carbons (Fsp3) is 0.320. The van der Waals surface area contributed by atoms with E-state index in [1.807, 2.05) is 43.9 Å². The zero-order valence-electron chi connectivity index (χ0n) is 19.3. The van der Waals surface area contributed by atoms with Crippen molar-refractivity contribution >= 4 is 16.7 Å². The normalized spacial score (nSPS) is 16.6. The van der Waals surface area contributed by atoms with Gasteiger partial charge in [-0.2, -0.15) is 20.6 Å². The van der Waals surface area contributed by atoms with E-state index in [0.717, 1.165) is 33.3 Å². The van der Waals surface area contributed by atoms with Crippen molar-refractivity contribution in [2.45, 2.75) is 39.4 Å². The number of fused-ring (bicyclic) bond motifs is 1. The van der Waals surface area contributed by atoms with Gasteiger partial charge in [0.25, 0.3) is 0 Å². The number of rotatable bonds is 5. The molecule has 0 saturated carbocycles. The number of benzene rings is 1. The largest absolute Gasteiger partial charge is 0.486 e. The number of aromatic nitrogens is 5. The van der Waals surface area contributed by atoms with Gasteiger partial charge in [-0.05, 0) is 57.0 Å². The molecule has 172 valence electrons. The van der Waals surface area contributed by atoms with Crippen LogP contribution in [0.4, 0.5) is 5.82 Å². The van der Waals surface area contributed by atoms with Gasteiger partial charge in [0.05, 0.1) is 29.1 Å². The number of hydrogen-bond acceptors (Lipinski definition) is 8. The van der Waals surface area contributed by atoms with E-state index in [1.54, 1.807) is 18.5 Å². The number of nitrogens with one attached hydrogen (secondary N) is 1. The Morgan fingerprint density at radius 2 is 2.12 bits per heavy atom. The summed E-state index contributed by atoms with van der Waals surface area (Å²) < 4.78 is 6.26. The van der Waals surface area contributed by atoms with Crippen molar-refractivity contribution in [3.05, 3.63) is 59.0 Å². The summed E-state index contributed by atoms with van der Waals surface area (Å²) in [4.78, 5) is 6.50. The lowest BCUT2D eigenvalue weighted by Crippen LogP contribution is -2.23.